The summed E-state index contributed by atoms with van der Waals surface area (Å²) in [6.45, 7) is 0.237. The van der Waals surface area contributed by atoms with Crippen LogP contribution in [0, 0.1) is 11.3 Å². The smallest absolute Gasteiger partial charge is 0.277 e. The molecule has 1 N–H and O–H groups in total. The van der Waals surface area contributed by atoms with E-state index >= 15 is 0 Å². The summed E-state index contributed by atoms with van der Waals surface area (Å²) >= 11 is 0. The number of anilines is 1. The van der Waals surface area contributed by atoms with Gasteiger partial charge in [0.15, 0.2) is 11.5 Å². The number of hydrogen-bond acceptors (Lipinski definition) is 6. The lowest BCUT2D eigenvalue weighted by molar-refractivity contribution is 0.101. The number of carbonyl (C=O) groups is 1. The molecule has 0 radical (unpaired) electrons. The highest BCUT2D eigenvalue weighted by molar-refractivity contribution is 6.03. The van der Waals surface area contributed by atoms with E-state index < -0.39 is 5.91 Å². The van der Waals surface area contributed by atoms with E-state index in [2.05, 4.69) is 10.5 Å². The molecule has 0 aliphatic carbocycles. The first-order chi connectivity index (χ1) is 10.2. The Hall–Kier alpha value is -2.85. The van der Waals surface area contributed by atoms with Crippen LogP contribution in [0.3, 0.4) is 0 Å². The molecule has 0 unspecified atom stereocenters. The summed E-state index contributed by atoms with van der Waals surface area (Å²) < 4.78 is 15.0. The Bertz CT molecular complexity index is 688. The van der Waals surface area contributed by atoms with Crippen LogP contribution in [0.1, 0.15) is 21.8 Å². The van der Waals surface area contributed by atoms with Crippen molar-refractivity contribution in [3.05, 3.63) is 41.3 Å². The van der Waals surface area contributed by atoms with Crippen LogP contribution < -0.4 is 10.1 Å². The van der Waals surface area contributed by atoms with Crippen LogP contribution in [0.4, 0.5) is 5.69 Å². The molecule has 1 heterocycles. The average Bonchev–Trinajstić information content (AvgIpc) is 2.96. The molecule has 7 heteroatoms. The normalized spacial score (nSPS) is 9.95. The third-order valence-corrected chi connectivity index (χ3v) is 2.66. The van der Waals surface area contributed by atoms with Crippen molar-refractivity contribution >= 4 is 11.6 Å². The molecule has 0 saturated heterocycles. The number of aromatic nitrogens is 1. The van der Waals surface area contributed by atoms with Crippen LogP contribution in [0.15, 0.2) is 28.8 Å². The largest absolute Gasteiger partial charge is 0.495 e. The zero-order valence-electron chi connectivity index (χ0n) is 11.5. The van der Waals surface area contributed by atoms with Gasteiger partial charge < -0.3 is 19.3 Å². The number of ether oxygens (including phenoxy) is 2. The van der Waals surface area contributed by atoms with Gasteiger partial charge in [-0.25, -0.2) is 0 Å². The number of benzene rings is 1. The first kappa shape index (κ1) is 14.6. The van der Waals surface area contributed by atoms with Crippen molar-refractivity contribution in [2.45, 2.75) is 6.61 Å². The molecule has 2 aromatic rings. The Balaban J connectivity index is 2.17. The van der Waals surface area contributed by atoms with E-state index in [1.54, 1.807) is 12.1 Å². The second-order valence-corrected chi connectivity index (χ2v) is 4.09. The van der Waals surface area contributed by atoms with Crippen LogP contribution in [0.25, 0.3) is 0 Å². The van der Waals surface area contributed by atoms with Crippen molar-refractivity contribution in [2.24, 2.45) is 0 Å². The van der Waals surface area contributed by atoms with E-state index in [1.807, 2.05) is 6.07 Å². The van der Waals surface area contributed by atoms with Crippen LogP contribution in [-0.4, -0.2) is 25.3 Å². The van der Waals surface area contributed by atoms with Crippen molar-refractivity contribution in [3.8, 4) is 11.8 Å². The molecule has 0 saturated carbocycles. The highest BCUT2D eigenvalue weighted by Crippen LogP contribution is 2.25. The zero-order valence-corrected chi connectivity index (χ0v) is 11.5. The molecule has 0 spiro atoms. The lowest BCUT2D eigenvalue weighted by Crippen LogP contribution is -2.13. The van der Waals surface area contributed by atoms with Gasteiger partial charge in [-0.3, -0.25) is 4.79 Å². The topological polar surface area (TPSA) is 97.4 Å². The second-order valence-electron chi connectivity index (χ2n) is 4.09. The number of carbonyl (C=O) groups excluding carboxylic acids is 1. The summed E-state index contributed by atoms with van der Waals surface area (Å²) in [5.74, 6) is 0.404. The van der Waals surface area contributed by atoms with E-state index in [0.717, 1.165) is 0 Å². The van der Waals surface area contributed by atoms with Crippen LogP contribution in [0.2, 0.25) is 0 Å². The van der Waals surface area contributed by atoms with Crippen LogP contribution >= 0.6 is 0 Å². The van der Waals surface area contributed by atoms with Crippen molar-refractivity contribution < 1.29 is 18.8 Å². The first-order valence-electron chi connectivity index (χ1n) is 6.02. The van der Waals surface area contributed by atoms with Crippen molar-refractivity contribution in [1.29, 1.82) is 5.26 Å². The molecule has 1 amide bonds. The third-order valence-electron chi connectivity index (χ3n) is 2.66. The Morgan fingerprint density at radius 2 is 2.24 bits per heavy atom. The summed E-state index contributed by atoms with van der Waals surface area (Å²) in [6.07, 6.45) is 0. The van der Waals surface area contributed by atoms with Gasteiger partial charge in [-0.15, -0.1) is 0 Å². The molecule has 0 atom stereocenters. The molecular weight excluding hydrogens is 274 g/mol. The number of nitriles is 1. The minimum atomic E-state index is -0.441. The molecule has 108 valence electrons. The van der Waals surface area contributed by atoms with Gasteiger partial charge in [-0.2, -0.15) is 5.26 Å². The van der Waals surface area contributed by atoms with Crippen molar-refractivity contribution in [2.75, 3.05) is 19.5 Å². The molecule has 0 aliphatic heterocycles. The fourth-order valence-corrected chi connectivity index (χ4v) is 1.68. The maximum atomic E-state index is 12.1. The predicted octanol–water partition coefficient (Wildman–Crippen LogP) is 1.95. The monoisotopic (exact) mass is 287 g/mol. The van der Waals surface area contributed by atoms with E-state index in [9.17, 15) is 4.79 Å². The van der Waals surface area contributed by atoms with Crippen molar-refractivity contribution in [3.63, 3.8) is 0 Å². The number of nitrogens with one attached hydrogen (secondary N) is 1. The fraction of sp³-hybridized carbons (Fsp3) is 0.214. The van der Waals surface area contributed by atoms with Crippen LogP contribution in [0.5, 0.6) is 5.75 Å². The Morgan fingerprint density at radius 3 is 2.90 bits per heavy atom. The molecule has 0 bridgehead atoms. The maximum Gasteiger partial charge on any atom is 0.277 e. The summed E-state index contributed by atoms with van der Waals surface area (Å²) in [5, 5.41) is 15.1. The molecule has 0 fully saturated rings. The van der Waals surface area contributed by atoms with Gasteiger partial charge in [-0.1, -0.05) is 5.16 Å². The second kappa shape index (κ2) is 6.54. The predicted molar refractivity (Wildman–Crippen MR) is 72.9 cm³/mol. The highest BCUT2D eigenvalue weighted by Gasteiger charge is 2.15. The average molecular weight is 287 g/mol. The number of amides is 1. The van der Waals surface area contributed by atoms with Crippen molar-refractivity contribution in [1.82, 2.24) is 5.16 Å². The van der Waals surface area contributed by atoms with Gasteiger partial charge in [0.05, 0.1) is 24.4 Å². The zero-order chi connectivity index (χ0) is 15.2. The Kier molecular flexibility index (Phi) is 4.53. The molecule has 0 aliphatic rings. The molecule has 1 aromatic heterocycles. The van der Waals surface area contributed by atoms with Gasteiger partial charge in [0.1, 0.15) is 12.4 Å². The van der Waals surface area contributed by atoms with E-state index in [1.165, 1.54) is 26.4 Å². The molecular formula is C14H13N3O4. The number of hydrogen-bond donors (Lipinski definition) is 1. The quantitative estimate of drug-likeness (QED) is 0.902. The summed E-state index contributed by atoms with van der Waals surface area (Å²) in [7, 11) is 2.98. The third kappa shape index (κ3) is 3.38. The van der Waals surface area contributed by atoms with E-state index in [4.69, 9.17) is 19.3 Å². The van der Waals surface area contributed by atoms with Gasteiger partial charge in [-0.05, 0) is 12.1 Å². The lowest BCUT2D eigenvalue weighted by Gasteiger charge is -2.09. The van der Waals surface area contributed by atoms with Crippen LogP contribution in [-0.2, 0) is 11.3 Å². The Labute approximate surface area is 121 Å². The van der Waals surface area contributed by atoms with E-state index in [-0.39, 0.29) is 12.3 Å². The van der Waals surface area contributed by atoms with Gasteiger partial charge in [0.2, 0.25) is 0 Å². The fourth-order valence-electron chi connectivity index (χ4n) is 1.68. The summed E-state index contributed by atoms with van der Waals surface area (Å²) in [4.78, 5) is 12.1. The number of rotatable bonds is 5. The molecule has 2 rings (SSSR count). The summed E-state index contributed by atoms with van der Waals surface area (Å²) in [6, 6.07) is 8.20. The van der Waals surface area contributed by atoms with Gasteiger partial charge >= 0.3 is 0 Å². The minimum Gasteiger partial charge on any atom is -0.495 e. The standard InChI is InChI=1S/C14H13N3O4/c1-19-8-10-6-12(17-21-10)14(18)16-11-4-3-9(7-15)5-13(11)20-2/h3-6H,8H2,1-2H3,(H,16,18). The molecule has 21 heavy (non-hydrogen) atoms. The summed E-state index contributed by atoms with van der Waals surface area (Å²) in [5.41, 5.74) is 1.01. The maximum absolute atomic E-state index is 12.1. The lowest BCUT2D eigenvalue weighted by atomic mass is 10.2. The van der Waals surface area contributed by atoms with Gasteiger partial charge in [0, 0.05) is 19.2 Å². The number of methoxy groups -OCH3 is 2. The first-order valence-corrected chi connectivity index (χ1v) is 6.02. The SMILES string of the molecule is COCc1cc(C(=O)Nc2ccc(C#N)cc2OC)no1. The highest BCUT2D eigenvalue weighted by atomic mass is 16.5. The minimum absolute atomic E-state index is 0.133. The van der Waals surface area contributed by atoms with E-state index in [0.29, 0.717) is 22.8 Å². The molecule has 7 nitrogen and oxygen atoms in total. The number of nitrogens with zero attached hydrogens (tertiary/aromatic N) is 2. The Morgan fingerprint density at radius 1 is 1.43 bits per heavy atom. The van der Waals surface area contributed by atoms with Gasteiger partial charge in [0.25, 0.3) is 5.91 Å². The molecule has 1 aromatic carbocycles.